The first kappa shape index (κ1) is 10.2. The third-order valence-electron chi connectivity index (χ3n) is 3.44. The van der Waals surface area contributed by atoms with Crippen LogP contribution in [0, 0.1) is 11.8 Å². The van der Waals surface area contributed by atoms with Gasteiger partial charge in [-0.25, -0.2) is 0 Å². The zero-order valence-corrected chi connectivity index (χ0v) is 10.7. The second kappa shape index (κ2) is 4.13. The smallest absolute Gasteiger partial charge is 0.0552 e. The summed E-state index contributed by atoms with van der Waals surface area (Å²) in [7, 11) is 0. The van der Waals surface area contributed by atoms with Crippen molar-refractivity contribution >= 4 is 27.5 Å². The van der Waals surface area contributed by atoms with E-state index in [0.717, 1.165) is 36.1 Å². The van der Waals surface area contributed by atoms with E-state index in [9.17, 15) is 0 Å². The first-order valence-electron chi connectivity index (χ1n) is 5.25. The van der Waals surface area contributed by atoms with Gasteiger partial charge in [0.1, 0.15) is 0 Å². The number of ether oxygens (including phenoxy) is 1. The lowest BCUT2D eigenvalue weighted by atomic mass is 9.71. The fourth-order valence-corrected chi connectivity index (χ4v) is 3.60. The molecule has 0 amide bonds. The van der Waals surface area contributed by atoms with Gasteiger partial charge in [0.25, 0.3) is 0 Å². The van der Waals surface area contributed by atoms with Gasteiger partial charge in [-0.15, -0.1) is 0 Å². The molecule has 1 aromatic rings. The van der Waals surface area contributed by atoms with E-state index in [1.165, 1.54) is 11.3 Å². The Morgan fingerprint density at radius 1 is 1.60 bits per heavy atom. The molecule has 1 saturated heterocycles. The summed E-state index contributed by atoms with van der Waals surface area (Å²) in [4.78, 5) is 1.29. The highest BCUT2D eigenvalue weighted by Gasteiger charge is 2.44. The second-order valence-corrected chi connectivity index (χ2v) is 6.02. The maximum absolute atomic E-state index is 5.46. The maximum Gasteiger partial charge on any atom is 0.0552 e. The zero-order valence-electron chi connectivity index (χ0n) is 8.28. The lowest BCUT2D eigenvalue weighted by Crippen LogP contribution is -2.49. The van der Waals surface area contributed by atoms with Gasteiger partial charge in [-0.05, 0) is 39.8 Å². The van der Waals surface area contributed by atoms with Crippen LogP contribution >= 0.6 is 27.5 Å². The number of rotatable bonds is 3. The molecule has 5 heteroatoms. The van der Waals surface area contributed by atoms with Gasteiger partial charge in [0, 0.05) is 25.1 Å². The Hall–Kier alpha value is 0.0300. The summed E-state index contributed by atoms with van der Waals surface area (Å²) in [5.74, 6) is 1.59. The molecule has 0 spiro atoms. The average Bonchev–Trinajstić information content (AvgIpc) is 2.75. The summed E-state index contributed by atoms with van der Waals surface area (Å²) in [5, 5.41) is 3.59. The van der Waals surface area contributed by atoms with Gasteiger partial charge in [-0.3, -0.25) is 0 Å². The first-order valence-corrected chi connectivity index (χ1v) is 6.81. The monoisotopic (exact) mass is 288 g/mol. The van der Waals surface area contributed by atoms with Gasteiger partial charge in [-0.1, -0.05) is 0 Å². The summed E-state index contributed by atoms with van der Waals surface area (Å²) in [5.41, 5.74) is 0. The van der Waals surface area contributed by atoms with Crippen LogP contribution in [0.5, 0.6) is 0 Å². The van der Waals surface area contributed by atoms with E-state index in [4.69, 9.17) is 4.74 Å². The van der Waals surface area contributed by atoms with Crippen LogP contribution in [0.4, 0.5) is 0 Å². The largest absolute Gasteiger partial charge is 0.381 e. The fourth-order valence-electron chi connectivity index (χ4n) is 2.43. The Labute approximate surface area is 102 Å². The number of halogens is 1. The molecular formula is C10H13BrN2OS. The predicted molar refractivity (Wildman–Crippen MR) is 62.9 cm³/mol. The van der Waals surface area contributed by atoms with Crippen LogP contribution in [0.15, 0.2) is 10.7 Å². The molecule has 0 radical (unpaired) electrons. The number of fused-ring (bicyclic) bond motifs is 1. The van der Waals surface area contributed by atoms with Crippen molar-refractivity contribution < 1.29 is 4.74 Å². The van der Waals surface area contributed by atoms with Crippen molar-refractivity contribution in [1.82, 2.24) is 9.69 Å². The van der Waals surface area contributed by atoms with Crippen LogP contribution < -0.4 is 5.32 Å². The van der Waals surface area contributed by atoms with E-state index in [-0.39, 0.29) is 0 Å². The summed E-state index contributed by atoms with van der Waals surface area (Å²) < 4.78 is 10.7. The third kappa shape index (κ3) is 1.86. The molecule has 2 heterocycles. The molecule has 15 heavy (non-hydrogen) atoms. The Balaban J connectivity index is 1.53. The Bertz CT molecular complexity index is 357. The van der Waals surface area contributed by atoms with E-state index in [0.29, 0.717) is 6.04 Å². The van der Waals surface area contributed by atoms with Crippen molar-refractivity contribution in [2.24, 2.45) is 11.8 Å². The topological polar surface area (TPSA) is 34.2 Å². The summed E-state index contributed by atoms with van der Waals surface area (Å²) >= 11 is 5.06. The predicted octanol–water partition coefficient (Wildman–Crippen LogP) is 2.03. The molecule has 2 fully saturated rings. The van der Waals surface area contributed by atoms with Gasteiger partial charge in [0.05, 0.1) is 22.2 Å². The normalized spacial score (nSPS) is 33.8. The molecule has 3 atom stereocenters. The average molecular weight is 289 g/mol. The highest BCUT2D eigenvalue weighted by Crippen LogP contribution is 2.39. The van der Waals surface area contributed by atoms with Crippen molar-refractivity contribution in [2.45, 2.75) is 19.0 Å². The number of hydrogen-bond acceptors (Lipinski definition) is 4. The third-order valence-corrected chi connectivity index (χ3v) is 5.18. The number of aromatic nitrogens is 1. The number of nitrogens with zero attached hydrogens (tertiary/aromatic N) is 1. The minimum Gasteiger partial charge on any atom is -0.381 e. The fraction of sp³-hybridized carbons (Fsp3) is 0.700. The lowest BCUT2D eigenvalue weighted by molar-refractivity contribution is 0.153. The number of nitrogens with one attached hydrogen (secondary N) is 1. The van der Waals surface area contributed by atoms with Crippen molar-refractivity contribution in [3.8, 4) is 0 Å². The van der Waals surface area contributed by atoms with Crippen LogP contribution in [-0.4, -0.2) is 23.6 Å². The molecular weight excluding hydrogens is 276 g/mol. The Morgan fingerprint density at radius 3 is 3.27 bits per heavy atom. The molecule has 1 aliphatic heterocycles. The second-order valence-electron chi connectivity index (χ2n) is 4.28. The quantitative estimate of drug-likeness (QED) is 0.924. The minimum atomic E-state index is 0.659. The van der Waals surface area contributed by atoms with Crippen LogP contribution in [0.2, 0.25) is 0 Å². The van der Waals surface area contributed by atoms with Gasteiger partial charge < -0.3 is 10.1 Å². The molecule has 3 rings (SSSR count). The van der Waals surface area contributed by atoms with E-state index in [2.05, 4.69) is 25.6 Å². The Morgan fingerprint density at radius 2 is 2.53 bits per heavy atom. The molecule has 2 aliphatic rings. The summed E-state index contributed by atoms with van der Waals surface area (Å²) in [6, 6.07) is 0.659. The highest BCUT2D eigenvalue weighted by molar-refractivity contribution is 9.10. The molecule has 1 saturated carbocycles. The molecule has 1 unspecified atom stereocenters. The van der Waals surface area contributed by atoms with Crippen LogP contribution in [-0.2, 0) is 11.3 Å². The van der Waals surface area contributed by atoms with Gasteiger partial charge in [0.2, 0.25) is 0 Å². The maximum atomic E-state index is 5.46. The number of hydrogen-bond donors (Lipinski definition) is 1. The van der Waals surface area contributed by atoms with Gasteiger partial charge in [-0.2, -0.15) is 4.37 Å². The molecule has 0 aromatic carbocycles. The van der Waals surface area contributed by atoms with E-state index >= 15 is 0 Å². The summed E-state index contributed by atoms with van der Waals surface area (Å²) in [6.07, 6.45) is 3.14. The van der Waals surface area contributed by atoms with E-state index in [1.54, 1.807) is 11.5 Å². The van der Waals surface area contributed by atoms with Crippen molar-refractivity contribution in [3.05, 3.63) is 15.5 Å². The van der Waals surface area contributed by atoms with Crippen LogP contribution in [0.3, 0.4) is 0 Å². The molecule has 1 aromatic heterocycles. The van der Waals surface area contributed by atoms with E-state index in [1.807, 2.05) is 6.20 Å². The SMILES string of the molecule is Brc1cnsc1CNC1C[C@@H]2COC[C@H]12. The molecule has 1 aliphatic carbocycles. The van der Waals surface area contributed by atoms with Crippen molar-refractivity contribution in [1.29, 1.82) is 0 Å². The molecule has 0 bridgehead atoms. The highest BCUT2D eigenvalue weighted by atomic mass is 79.9. The van der Waals surface area contributed by atoms with Crippen molar-refractivity contribution in [3.63, 3.8) is 0 Å². The lowest BCUT2D eigenvalue weighted by Gasteiger charge is -2.39. The van der Waals surface area contributed by atoms with Gasteiger partial charge >= 0.3 is 0 Å². The molecule has 82 valence electrons. The van der Waals surface area contributed by atoms with Crippen molar-refractivity contribution in [2.75, 3.05) is 13.2 Å². The van der Waals surface area contributed by atoms with E-state index < -0.39 is 0 Å². The minimum absolute atomic E-state index is 0.659. The summed E-state index contributed by atoms with van der Waals surface area (Å²) in [6.45, 7) is 2.86. The van der Waals surface area contributed by atoms with Crippen LogP contribution in [0.25, 0.3) is 0 Å². The Kier molecular flexibility index (Phi) is 2.81. The zero-order chi connectivity index (χ0) is 10.3. The molecule has 1 N–H and O–H groups in total. The van der Waals surface area contributed by atoms with Crippen LogP contribution in [0.1, 0.15) is 11.3 Å². The standard InChI is InChI=1S/C10H13BrN2OS/c11-8-2-13-15-10(8)3-12-9-1-6-4-14-5-7(6)9/h2,6-7,9,12H,1,3-5H2/t6-,7+,9?/m1/s1. The first-order chi connectivity index (χ1) is 7.34. The van der Waals surface area contributed by atoms with Gasteiger partial charge in [0.15, 0.2) is 0 Å². The molecule has 3 nitrogen and oxygen atoms in total.